The Bertz CT molecular complexity index is 921. The minimum Gasteiger partial charge on any atom is -0.339 e. The van der Waals surface area contributed by atoms with Gasteiger partial charge in [0.2, 0.25) is 11.8 Å². The highest BCUT2D eigenvalue weighted by atomic mass is 19.1. The first kappa shape index (κ1) is 23.7. The Balaban J connectivity index is 1.43. The molecule has 0 aromatic heterocycles. The smallest absolute Gasteiger partial charge is 0.256 e. The second-order valence-electron chi connectivity index (χ2n) is 10.6. The standard InChI is InChI=1S/C25H35FN4O3/c1-25(2,3)24(33)30-12-10-29(11-13-30)23(32)19-14-16(8-9-20(19)26)15-21-17-6-4-5-7-18(17)22(31)28-27-21/h8-9,14,17-18,21,27H,4-7,10-13,15H2,1-3H3,(H,28,31). The molecular formula is C25H35FN4O3. The first-order chi connectivity index (χ1) is 15.6. The average molecular weight is 459 g/mol. The minimum atomic E-state index is -0.530. The minimum absolute atomic E-state index is 0.0265. The SMILES string of the molecule is CC(C)(C)C(=O)N1CCN(C(=O)c2cc(CC3NNC(=O)C4CCCCC34)ccc2F)CC1. The van der Waals surface area contributed by atoms with Gasteiger partial charge in [0.05, 0.1) is 5.56 Å². The van der Waals surface area contributed by atoms with Gasteiger partial charge >= 0.3 is 0 Å². The third-order valence-corrected chi connectivity index (χ3v) is 7.27. The molecule has 2 saturated heterocycles. The monoisotopic (exact) mass is 458 g/mol. The molecule has 3 aliphatic rings. The van der Waals surface area contributed by atoms with Crippen LogP contribution in [0.2, 0.25) is 0 Å². The lowest BCUT2D eigenvalue weighted by Gasteiger charge is -2.41. The molecule has 1 aliphatic carbocycles. The fourth-order valence-electron chi connectivity index (χ4n) is 5.41. The highest BCUT2D eigenvalue weighted by molar-refractivity contribution is 5.95. The summed E-state index contributed by atoms with van der Waals surface area (Å²) in [5.41, 5.74) is 6.44. The molecule has 2 heterocycles. The third kappa shape index (κ3) is 5.05. The maximum Gasteiger partial charge on any atom is 0.256 e. The van der Waals surface area contributed by atoms with Gasteiger partial charge < -0.3 is 9.80 Å². The predicted octanol–water partition coefficient (Wildman–Crippen LogP) is 2.51. The van der Waals surface area contributed by atoms with Gasteiger partial charge in [-0.25, -0.2) is 9.82 Å². The summed E-state index contributed by atoms with van der Waals surface area (Å²) in [6, 6.07) is 4.80. The van der Waals surface area contributed by atoms with Gasteiger partial charge in [0.1, 0.15) is 5.82 Å². The van der Waals surface area contributed by atoms with Crippen molar-refractivity contribution in [2.75, 3.05) is 26.2 Å². The Kier molecular flexibility index (Phi) is 6.75. The largest absolute Gasteiger partial charge is 0.339 e. The molecule has 3 fully saturated rings. The van der Waals surface area contributed by atoms with Crippen molar-refractivity contribution in [3.63, 3.8) is 0 Å². The number of halogens is 1. The summed E-state index contributed by atoms with van der Waals surface area (Å²) >= 11 is 0. The van der Waals surface area contributed by atoms with Gasteiger partial charge in [-0.3, -0.25) is 19.8 Å². The number of nitrogens with zero attached hydrogens (tertiary/aromatic N) is 2. The summed E-state index contributed by atoms with van der Waals surface area (Å²) in [7, 11) is 0. The summed E-state index contributed by atoms with van der Waals surface area (Å²) in [6.45, 7) is 7.35. The lowest BCUT2D eigenvalue weighted by atomic mass is 9.72. The number of nitrogens with one attached hydrogen (secondary N) is 2. The molecule has 1 saturated carbocycles. The molecule has 33 heavy (non-hydrogen) atoms. The molecule has 180 valence electrons. The van der Waals surface area contributed by atoms with Gasteiger partial charge in [-0.1, -0.05) is 39.7 Å². The van der Waals surface area contributed by atoms with Crippen LogP contribution in [0.5, 0.6) is 0 Å². The fraction of sp³-hybridized carbons (Fsp3) is 0.640. The number of piperazine rings is 1. The quantitative estimate of drug-likeness (QED) is 0.729. The summed E-state index contributed by atoms with van der Waals surface area (Å²) in [5.74, 6) is -0.454. The van der Waals surface area contributed by atoms with Crippen LogP contribution in [0.3, 0.4) is 0 Å². The van der Waals surface area contributed by atoms with E-state index in [-0.39, 0.29) is 41.2 Å². The predicted molar refractivity (Wildman–Crippen MR) is 123 cm³/mol. The van der Waals surface area contributed by atoms with Crippen LogP contribution >= 0.6 is 0 Å². The molecule has 4 rings (SSSR count). The van der Waals surface area contributed by atoms with Crippen molar-refractivity contribution < 1.29 is 18.8 Å². The van der Waals surface area contributed by atoms with Crippen LogP contribution in [-0.4, -0.2) is 59.7 Å². The Morgan fingerprint density at radius 1 is 1.06 bits per heavy atom. The van der Waals surface area contributed by atoms with E-state index in [0.717, 1.165) is 31.2 Å². The molecule has 0 radical (unpaired) electrons. The first-order valence-corrected chi connectivity index (χ1v) is 12.1. The van der Waals surface area contributed by atoms with Crippen molar-refractivity contribution in [2.24, 2.45) is 17.3 Å². The van der Waals surface area contributed by atoms with Crippen LogP contribution in [-0.2, 0) is 16.0 Å². The van der Waals surface area contributed by atoms with Crippen LogP contribution in [0.25, 0.3) is 0 Å². The average Bonchev–Trinajstić information content (AvgIpc) is 2.81. The van der Waals surface area contributed by atoms with E-state index < -0.39 is 11.2 Å². The molecule has 1 aromatic carbocycles. The van der Waals surface area contributed by atoms with Crippen LogP contribution in [0.1, 0.15) is 62.4 Å². The van der Waals surface area contributed by atoms with E-state index in [0.29, 0.717) is 32.6 Å². The van der Waals surface area contributed by atoms with Crippen molar-refractivity contribution in [3.05, 3.63) is 35.1 Å². The molecule has 8 heteroatoms. The number of hydrazine groups is 1. The normalized spacial score (nSPS) is 25.9. The van der Waals surface area contributed by atoms with Gasteiger partial charge in [-0.15, -0.1) is 0 Å². The summed E-state index contributed by atoms with van der Waals surface area (Å²) in [6.07, 6.45) is 4.72. The van der Waals surface area contributed by atoms with Gasteiger partial charge in [0, 0.05) is 43.6 Å². The number of benzene rings is 1. The third-order valence-electron chi connectivity index (χ3n) is 7.27. The maximum atomic E-state index is 14.6. The van der Waals surface area contributed by atoms with Crippen molar-refractivity contribution in [1.82, 2.24) is 20.7 Å². The Morgan fingerprint density at radius 3 is 2.42 bits per heavy atom. The molecule has 3 amide bonds. The number of amides is 3. The van der Waals surface area contributed by atoms with E-state index in [4.69, 9.17) is 0 Å². The highest BCUT2D eigenvalue weighted by Gasteiger charge is 2.40. The van der Waals surface area contributed by atoms with Gasteiger partial charge in [0.15, 0.2) is 0 Å². The topological polar surface area (TPSA) is 81.8 Å². The second kappa shape index (κ2) is 9.41. The van der Waals surface area contributed by atoms with E-state index in [1.54, 1.807) is 21.9 Å². The Morgan fingerprint density at radius 2 is 1.73 bits per heavy atom. The van der Waals surface area contributed by atoms with Crippen molar-refractivity contribution in [2.45, 2.75) is 58.9 Å². The molecule has 7 nitrogen and oxygen atoms in total. The Hall–Kier alpha value is -2.48. The molecular weight excluding hydrogens is 423 g/mol. The van der Waals surface area contributed by atoms with Crippen LogP contribution in [0, 0.1) is 23.1 Å². The zero-order chi connectivity index (χ0) is 23.8. The number of fused-ring (bicyclic) bond motifs is 1. The molecule has 2 N–H and O–H groups in total. The molecule has 0 spiro atoms. The molecule has 0 bridgehead atoms. The lowest BCUT2D eigenvalue weighted by molar-refractivity contribution is -0.141. The van der Waals surface area contributed by atoms with Crippen molar-refractivity contribution in [1.29, 1.82) is 0 Å². The van der Waals surface area contributed by atoms with Crippen LogP contribution < -0.4 is 10.9 Å². The number of carbonyl (C=O) groups excluding carboxylic acids is 3. The maximum absolute atomic E-state index is 14.6. The highest BCUT2D eigenvalue weighted by Crippen LogP contribution is 2.35. The molecule has 1 aromatic rings. The molecule has 3 unspecified atom stereocenters. The molecule has 3 atom stereocenters. The number of hydrogen-bond donors (Lipinski definition) is 2. The number of hydrogen-bond acceptors (Lipinski definition) is 4. The van der Waals surface area contributed by atoms with Crippen molar-refractivity contribution >= 4 is 17.7 Å². The van der Waals surface area contributed by atoms with Crippen molar-refractivity contribution in [3.8, 4) is 0 Å². The van der Waals surface area contributed by atoms with E-state index in [9.17, 15) is 18.8 Å². The Labute approximate surface area is 195 Å². The van der Waals surface area contributed by atoms with Gasteiger partial charge in [0.25, 0.3) is 5.91 Å². The van der Waals surface area contributed by atoms with E-state index >= 15 is 0 Å². The summed E-state index contributed by atoms with van der Waals surface area (Å²) in [4.78, 5) is 41.2. The fourth-order valence-corrected chi connectivity index (χ4v) is 5.41. The second-order valence-corrected chi connectivity index (χ2v) is 10.6. The zero-order valence-electron chi connectivity index (χ0n) is 19.8. The van der Waals surface area contributed by atoms with Crippen LogP contribution in [0.15, 0.2) is 18.2 Å². The first-order valence-electron chi connectivity index (χ1n) is 12.1. The summed E-state index contributed by atoms with van der Waals surface area (Å²) < 4.78 is 14.6. The van der Waals surface area contributed by atoms with E-state index in [1.165, 1.54) is 6.07 Å². The molecule has 2 aliphatic heterocycles. The van der Waals surface area contributed by atoms with E-state index in [1.807, 2.05) is 20.8 Å². The van der Waals surface area contributed by atoms with Gasteiger partial charge in [-0.2, -0.15) is 0 Å². The van der Waals surface area contributed by atoms with E-state index in [2.05, 4.69) is 10.9 Å². The zero-order valence-corrected chi connectivity index (χ0v) is 19.8. The lowest BCUT2D eigenvalue weighted by Crippen LogP contribution is -2.60. The number of rotatable bonds is 3. The number of carbonyl (C=O) groups is 3. The van der Waals surface area contributed by atoms with Gasteiger partial charge in [-0.05, 0) is 42.9 Å². The summed E-state index contributed by atoms with van der Waals surface area (Å²) in [5, 5.41) is 0. The van der Waals surface area contributed by atoms with Crippen LogP contribution in [0.4, 0.5) is 4.39 Å².